The molecule has 0 saturated heterocycles. The Hall–Kier alpha value is -7.44. The minimum Gasteiger partial charge on any atom is -0.205 e. The van der Waals surface area contributed by atoms with Crippen molar-refractivity contribution in [1.29, 1.82) is 31.6 Å². The second-order valence-corrected chi connectivity index (χ2v) is 10.6. The van der Waals surface area contributed by atoms with E-state index < -0.39 is 154 Å². The molecule has 24 heteroatoms. The number of alkyl halides is 9. The summed E-state index contributed by atoms with van der Waals surface area (Å²) in [6.07, 6.45) is -18.6. The number of hydrogen-bond acceptors (Lipinski definition) is 6. The van der Waals surface area contributed by atoms with Crippen LogP contribution in [0.25, 0.3) is 16.7 Å². The molecule has 0 amide bonds. The molecule has 4 rings (SSSR count). The van der Waals surface area contributed by atoms with E-state index in [9.17, 15) is 68.5 Å². The van der Waals surface area contributed by atoms with E-state index >= 15 is 26.3 Å². The van der Waals surface area contributed by atoms with E-state index in [2.05, 4.69) is 0 Å². The van der Waals surface area contributed by atoms with Crippen molar-refractivity contribution in [3.8, 4) is 36.4 Å². The van der Waals surface area contributed by atoms with Gasteiger partial charge in [-0.15, -0.1) is 0 Å². The summed E-state index contributed by atoms with van der Waals surface area (Å²) >= 11 is 0. The van der Waals surface area contributed by atoms with Crippen molar-refractivity contribution >= 4 is 16.7 Å². The fourth-order valence-electron chi connectivity index (χ4n) is 5.40. The van der Waals surface area contributed by atoms with Gasteiger partial charge < -0.3 is 0 Å². The molecule has 3 aromatic carbocycles. The van der Waals surface area contributed by atoms with Crippen molar-refractivity contribution < 1.29 is 79.0 Å². The Morgan fingerprint density at radius 1 is 0.316 bits per heavy atom. The molecule has 1 aliphatic carbocycles. The molecule has 3 aromatic rings. The number of hydrogen-bond donors (Lipinski definition) is 0. The van der Waals surface area contributed by atoms with Gasteiger partial charge in [-0.05, 0) is 0 Å². The van der Waals surface area contributed by atoms with E-state index in [1.165, 1.54) is 0 Å². The summed E-state index contributed by atoms with van der Waals surface area (Å²) in [7, 11) is 0. The molecule has 0 aromatic heterocycles. The maximum Gasteiger partial charge on any atom is 0.420 e. The van der Waals surface area contributed by atoms with Crippen molar-refractivity contribution in [3.63, 3.8) is 0 Å². The van der Waals surface area contributed by atoms with Gasteiger partial charge in [0, 0.05) is 16.7 Å². The summed E-state index contributed by atoms with van der Waals surface area (Å²) in [6, 6.07) is 3.24. The maximum atomic E-state index is 15.6. The van der Waals surface area contributed by atoms with Crippen LogP contribution in [0.1, 0.15) is 50.1 Å². The number of nitrogens with zero attached hydrogens (tertiary/aromatic N) is 6. The average molecular weight is 822 g/mol. The van der Waals surface area contributed by atoms with E-state index in [1.807, 2.05) is 0 Å². The van der Waals surface area contributed by atoms with E-state index in [0.717, 1.165) is 0 Å². The Balaban J connectivity index is 2.49. The number of halogens is 18. The minimum atomic E-state index is -6.21. The van der Waals surface area contributed by atoms with Crippen molar-refractivity contribution in [2.45, 2.75) is 18.5 Å². The molecule has 1 fully saturated rings. The van der Waals surface area contributed by atoms with E-state index in [4.69, 9.17) is 15.8 Å². The van der Waals surface area contributed by atoms with Gasteiger partial charge in [0.25, 0.3) is 0 Å². The van der Waals surface area contributed by atoms with Gasteiger partial charge in [-0.1, -0.05) is 0 Å². The van der Waals surface area contributed by atoms with Gasteiger partial charge in [0.05, 0.1) is 33.4 Å². The topological polar surface area (TPSA) is 143 Å². The number of benzene rings is 3. The molecule has 0 atom stereocenters. The van der Waals surface area contributed by atoms with Gasteiger partial charge in [0.1, 0.15) is 87.2 Å². The minimum absolute atomic E-state index is 0.439. The lowest BCUT2D eigenvalue weighted by atomic mass is 9.95. The smallest absolute Gasteiger partial charge is 0.205 e. The Bertz CT molecular complexity index is 2430. The Kier molecular flexibility index (Phi) is 10.4. The number of allylic oxidation sites excluding steroid dienone is 6. The van der Waals surface area contributed by atoms with Crippen LogP contribution in [-0.4, -0.2) is 0 Å². The number of nitriles is 6. The fourth-order valence-corrected chi connectivity index (χ4v) is 5.40. The predicted octanol–water partition coefficient (Wildman–Crippen LogP) is 9.86. The first-order chi connectivity index (χ1) is 26.3. The third-order valence-corrected chi connectivity index (χ3v) is 7.67. The molecule has 0 N–H and O–H groups in total. The lowest BCUT2D eigenvalue weighted by Gasteiger charge is -2.15. The van der Waals surface area contributed by atoms with Crippen molar-refractivity contribution in [2.24, 2.45) is 0 Å². The molecular formula is C33F18N6. The summed E-state index contributed by atoms with van der Waals surface area (Å²) in [5.74, 6) is -27.1. The highest BCUT2D eigenvalue weighted by Crippen LogP contribution is 2.58. The predicted molar refractivity (Wildman–Crippen MR) is 146 cm³/mol. The summed E-state index contributed by atoms with van der Waals surface area (Å²) in [6.45, 7) is 0. The molecule has 57 heavy (non-hydrogen) atoms. The molecule has 0 heterocycles. The zero-order valence-electron chi connectivity index (χ0n) is 26.0. The van der Waals surface area contributed by atoms with Crippen LogP contribution in [0, 0.1) is 120 Å². The molecule has 0 bridgehead atoms. The fraction of sp³-hybridized carbons (Fsp3) is 0.0909. The summed E-state index contributed by atoms with van der Waals surface area (Å²) in [5.41, 5.74) is -37.0. The van der Waals surface area contributed by atoms with Crippen LogP contribution in [0.5, 0.6) is 0 Å². The van der Waals surface area contributed by atoms with Gasteiger partial charge in [0.15, 0.2) is 34.9 Å². The first-order valence-corrected chi connectivity index (χ1v) is 13.7. The number of rotatable bonds is 3. The quantitative estimate of drug-likeness (QED) is 0.146. The highest BCUT2D eigenvalue weighted by atomic mass is 19.4. The van der Waals surface area contributed by atoms with Gasteiger partial charge in [-0.3, -0.25) is 0 Å². The highest BCUT2D eigenvalue weighted by molar-refractivity contribution is 6.12. The second-order valence-electron chi connectivity index (χ2n) is 10.6. The highest BCUT2D eigenvalue weighted by Gasteiger charge is 2.50. The van der Waals surface area contributed by atoms with Crippen molar-refractivity contribution in [2.75, 3.05) is 0 Å². The molecule has 1 saturated carbocycles. The van der Waals surface area contributed by atoms with Crippen LogP contribution < -0.4 is 0 Å². The molecular weight excluding hydrogens is 822 g/mol. The standard InChI is InChI=1S/C33F18N6/c34-22-10(4-55)19(31(43,44)45)25(37)16(28(22)40)7(1-52)13-14(8(2-53)17-26(38)20(32(46,47)48)11(5-56)23(35)29(17)41)15(13)9(3-54)18-27(39)21(33(49,50)51)12(6-57)24(36)30(18)42. The van der Waals surface area contributed by atoms with Crippen LogP contribution >= 0.6 is 0 Å². The summed E-state index contributed by atoms with van der Waals surface area (Å²) in [5, 5.41) is 56.5. The Labute approximate surface area is 301 Å². The molecule has 0 unspecified atom stereocenters. The zero-order valence-corrected chi connectivity index (χ0v) is 26.0. The third-order valence-electron chi connectivity index (χ3n) is 7.67. The molecule has 0 aliphatic heterocycles. The lowest BCUT2D eigenvalue weighted by molar-refractivity contribution is -0.141. The summed E-state index contributed by atoms with van der Waals surface area (Å²) in [4.78, 5) is 0. The SMILES string of the molecule is N#CC(=C1C(=C(C#N)c2c(F)c(F)c(C#N)c(C(F)(F)F)c2F)C1=C(C#N)c1c(F)c(F)c(C#N)c(C(F)(F)F)c1F)c1c(F)c(F)c(C#N)c(C(F)(F)F)c1F. The van der Waals surface area contributed by atoms with E-state index in [0.29, 0.717) is 36.4 Å². The van der Waals surface area contributed by atoms with Crippen LogP contribution in [-0.2, 0) is 18.5 Å². The van der Waals surface area contributed by atoms with Gasteiger partial charge in [-0.2, -0.15) is 71.1 Å². The molecule has 0 spiro atoms. The zero-order chi connectivity index (χ0) is 43.6. The molecule has 6 nitrogen and oxygen atoms in total. The van der Waals surface area contributed by atoms with E-state index in [1.54, 1.807) is 0 Å². The van der Waals surface area contributed by atoms with Crippen molar-refractivity contribution in [1.82, 2.24) is 0 Å². The third kappa shape index (κ3) is 6.37. The van der Waals surface area contributed by atoms with Gasteiger partial charge in [-0.25, -0.2) is 39.5 Å². The first-order valence-electron chi connectivity index (χ1n) is 13.7. The maximum absolute atomic E-state index is 15.6. The molecule has 0 radical (unpaired) electrons. The Morgan fingerprint density at radius 3 is 0.649 bits per heavy atom. The van der Waals surface area contributed by atoms with Gasteiger partial charge >= 0.3 is 18.5 Å². The van der Waals surface area contributed by atoms with Gasteiger partial charge in [0.2, 0.25) is 0 Å². The van der Waals surface area contributed by atoms with Crippen molar-refractivity contribution in [3.05, 3.63) is 119 Å². The summed E-state index contributed by atoms with van der Waals surface area (Å²) < 4.78 is 262. The van der Waals surface area contributed by atoms with E-state index in [-0.39, 0.29) is 0 Å². The lowest BCUT2D eigenvalue weighted by Crippen LogP contribution is -2.17. The van der Waals surface area contributed by atoms with Crippen LogP contribution in [0.3, 0.4) is 0 Å². The Morgan fingerprint density at radius 2 is 0.509 bits per heavy atom. The second kappa shape index (κ2) is 14.0. The van der Waals surface area contributed by atoms with Crippen LogP contribution in [0.15, 0.2) is 16.7 Å². The van der Waals surface area contributed by atoms with Crippen LogP contribution in [0.2, 0.25) is 0 Å². The largest absolute Gasteiger partial charge is 0.420 e. The first kappa shape index (κ1) is 42.3. The monoisotopic (exact) mass is 822 g/mol. The average Bonchev–Trinajstić information content (AvgIpc) is 3.82. The molecule has 1 aliphatic rings. The normalized spacial score (nSPS) is 12.5. The van der Waals surface area contributed by atoms with Crippen LogP contribution in [0.4, 0.5) is 79.0 Å². The molecule has 288 valence electrons.